The van der Waals surface area contributed by atoms with E-state index in [2.05, 4.69) is 0 Å². The first-order valence-electron chi connectivity index (χ1n) is 6.14. The standard InChI is InChI=1S/C12H22N2O2/c1-12(2,3)16-11(15)14-9-4-5-10(14)7-8(13)6-9/h8-10H,4-7,13H2,1-3H3/t9-,10-/m1/s1. The molecule has 2 saturated heterocycles. The maximum absolute atomic E-state index is 12.0. The Hall–Kier alpha value is -0.770. The Labute approximate surface area is 97.1 Å². The molecule has 0 unspecified atom stereocenters. The molecule has 0 saturated carbocycles. The predicted molar refractivity (Wildman–Crippen MR) is 62.1 cm³/mol. The summed E-state index contributed by atoms with van der Waals surface area (Å²) >= 11 is 0. The maximum atomic E-state index is 12.0. The number of hydrogen-bond donors (Lipinski definition) is 1. The zero-order valence-electron chi connectivity index (χ0n) is 10.4. The third kappa shape index (κ3) is 2.32. The SMILES string of the molecule is CC(C)(C)OC(=O)N1[C@@H]2CC[C@@H]1CC(N)C2. The molecule has 2 rings (SSSR count). The number of carbonyl (C=O) groups is 1. The van der Waals surface area contributed by atoms with Crippen LogP contribution in [-0.2, 0) is 4.74 Å². The van der Waals surface area contributed by atoms with Crippen LogP contribution in [0.25, 0.3) is 0 Å². The minimum atomic E-state index is -0.407. The number of nitrogens with two attached hydrogens (primary N) is 1. The van der Waals surface area contributed by atoms with E-state index in [0.29, 0.717) is 12.1 Å². The summed E-state index contributed by atoms with van der Waals surface area (Å²) in [5.74, 6) is 0. The molecule has 2 aliphatic heterocycles. The maximum Gasteiger partial charge on any atom is 0.410 e. The van der Waals surface area contributed by atoms with Gasteiger partial charge in [0.05, 0.1) is 0 Å². The third-order valence-corrected chi connectivity index (χ3v) is 3.37. The molecule has 4 heteroatoms. The van der Waals surface area contributed by atoms with E-state index in [4.69, 9.17) is 10.5 Å². The molecule has 2 aliphatic rings. The Bertz CT molecular complexity index is 271. The van der Waals surface area contributed by atoms with E-state index in [1.165, 1.54) is 0 Å². The number of carbonyl (C=O) groups excluding carboxylic acids is 1. The van der Waals surface area contributed by atoms with Crippen molar-refractivity contribution >= 4 is 6.09 Å². The van der Waals surface area contributed by atoms with Gasteiger partial charge in [0.25, 0.3) is 0 Å². The Balaban J connectivity index is 2.03. The molecule has 0 aliphatic carbocycles. The monoisotopic (exact) mass is 226 g/mol. The first kappa shape index (κ1) is 11.7. The van der Waals surface area contributed by atoms with Crippen molar-refractivity contribution in [3.8, 4) is 0 Å². The van der Waals surface area contributed by atoms with Crippen molar-refractivity contribution in [1.82, 2.24) is 4.90 Å². The molecule has 0 aromatic rings. The van der Waals surface area contributed by atoms with Crippen LogP contribution < -0.4 is 5.73 Å². The molecule has 0 aromatic carbocycles. The fraction of sp³-hybridized carbons (Fsp3) is 0.917. The van der Waals surface area contributed by atoms with Gasteiger partial charge in [-0.2, -0.15) is 0 Å². The number of hydrogen-bond acceptors (Lipinski definition) is 3. The molecule has 2 bridgehead atoms. The van der Waals surface area contributed by atoms with Crippen molar-refractivity contribution in [2.45, 2.75) is 70.2 Å². The van der Waals surface area contributed by atoms with Crippen molar-refractivity contribution < 1.29 is 9.53 Å². The molecule has 0 aromatic heterocycles. The summed E-state index contributed by atoms with van der Waals surface area (Å²) < 4.78 is 5.44. The summed E-state index contributed by atoms with van der Waals surface area (Å²) in [6.07, 6.45) is 3.85. The molecule has 2 atom stereocenters. The van der Waals surface area contributed by atoms with Crippen LogP contribution in [0.5, 0.6) is 0 Å². The highest BCUT2D eigenvalue weighted by Gasteiger charge is 2.43. The molecule has 2 fully saturated rings. The van der Waals surface area contributed by atoms with Crippen LogP contribution in [0.3, 0.4) is 0 Å². The molecule has 0 radical (unpaired) electrons. The first-order valence-corrected chi connectivity index (χ1v) is 6.14. The van der Waals surface area contributed by atoms with Crippen molar-refractivity contribution in [3.63, 3.8) is 0 Å². The van der Waals surface area contributed by atoms with E-state index in [1.54, 1.807) is 0 Å². The summed E-state index contributed by atoms with van der Waals surface area (Å²) in [6, 6.07) is 0.878. The summed E-state index contributed by atoms with van der Waals surface area (Å²) in [5.41, 5.74) is 5.56. The first-order chi connectivity index (χ1) is 7.37. The number of rotatable bonds is 0. The van der Waals surface area contributed by atoms with Crippen LogP contribution >= 0.6 is 0 Å². The lowest BCUT2D eigenvalue weighted by atomic mass is 9.99. The van der Waals surface area contributed by atoms with Gasteiger partial charge in [-0.1, -0.05) is 0 Å². The number of amides is 1. The zero-order chi connectivity index (χ0) is 11.9. The van der Waals surface area contributed by atoms with E-state index in [-0.39, 0.29) is 12.1 Å². The van der Waals surface area contributed by atoms with Crippen molar-refractivity contribution in [2.75, 3.05) is 0 Å². The molecule has 0 spiro atoms. The van der Waals surface area contributed by atoms with Crippen LogP contribution in [0.2, 0.25) is 0 Å². The van der Waals surface area contributed by atoms with Gasteiger partial charge in [0.2, 0.25) is 0 Å². The number of fused-ring (bicyclic) bond motifs is 2. The van der Waals surface area contributed by atoms with Gasteiger partial charge in [-0.3, -0.25) is 0 Å². The smallest absolute Gasteiger partial charge is 0.410 e. The molecule has 92 valence electrons. The van der Waals surface area contributed by atoms with Gasteiger partial charge >= 0.3 is 6.09 Å². The average Bonchev–Trinajstić information content (AvgIpc) is 2.36. The van der Waals surface area contributed by atoms with Crippen LogP contribution in [-0.4, -0.2) is 34.7 Å². The van der Waals surface area contributed by atoms with Gasteiger partial charge in [0.15, 0.2) is 0 Å². The molecular weight excluding hydrogens is 204 g/mol. The molecule has 4 nitrogen and oxygen atoms in total. The lowest BCUT2D eigenvalue weighted by Crippen LogP contribution is -2.51. The topological polar surface area (TPSA) is 55.6 Å². The highest BCUT2D eigenvalue weighted by atomic mass is 16.6. The van der Waals surface area contributed by atoms with Crippen molar-refractivity contribution in [3.05, 3.63) is 0 Å². The highest BCUT2D eigenvalue weighted by molar-refractivity contribution is 5.69. The molecule has 16 heavy (non-hydrogen) atoms. The summed E-state index contributed by atoms with van der Waals surface area (Å²) in [7, 11) is 0. The quantitative estimate of drug-likeness (QED) is 0.686. The van der Waals surface area contributed by atoms with Gasteiger partial charge < -0.3 is 15.4 Å². The fourth-order valence-corrected chi connectivity index (χ4v) is 2.83. The molecule has 2 heterocycles. The Kier molecular flexibility index (Phi) is 2.86. The Morgan fingerprint density at radius 1 is 1.25 bits per heavy atom. The summed E-state index contributed by atoms with van der Waals surface area (Å²) in [5, 5.41) is 0. The van der Waals surface area contributed by atoms with Gasteiger partial charge in [-0.05, 0) is 46.5 Å². The average molecular weight is 226 g/mol. The molecule has 2 N–H and O–H groups in total. The third-order valence-electron chi connectivity index (χ3n) is 3.37. The normalized spacial score (nSPS) is 34.0. The molecular formula is C12H22N2O2. The number of ether oxygens (including phenoxy) is 1. The van der Waals surface area contributed by atoms with E-state index in [1.807, 2.05) is 25.7 Å². The molecule has 1 amide bonds. The summed E-state index contributed by atoms with van der Waals surface area (Å²) in [4.78, 5) is 14.0. The minimum absolute atomic E-state index is 0.160. The van der Waals surface area contributed by atoms with Crippen LogP contribution in [0, 0.1) is 0 Å². The second kappa shape index (κ2) is 3.91. The Morgan fingerprint density at radius 3 is 2.19 bits per heavy atom. The number of nitrogens with zero attached hydrogens (tertiary/aromatic N) is 1. The second-order valence-electron chi connectivity index (χ2n) is 6.00. The fourth-order valence-electron chi connectivity index (χ4n) is 2.83. The van der Waals surface area contributed by atoms with Crippen LogP contribution in [0.15, 0.2) is 0 Å². The van der Waals surface area contributed by atoms with Crippen LogP contribution in [0.4, 0.5) is 4.79 Å². The lowest BCUT2D eigenvalue weighted by Gasteiger charge is -2.38. The lowest BCUT2D eigenvalue weighted by molar-refractivity contribution is 0.00620. The zero-order valence-corrected chi connectivity index (χ0v) is 10.4. The van der Waals surface area contributed by atoms with Gasteiger partial charge in [0.1, 0.15) is 5.60 Å². The van der Waals surface area contributed by atoms with Crippen LogP contribution in [0.1, 0.15) is 46.5 Å². The number of piperidine rings is 1. The van der Waals surface area contributed by atoms with E-state index >= 15 is 0 Å². The van der Waals surface area contributed by atoms with Gasteiger partial charge in [0, 0.05) is 18.1 Å². The second-order valence-corrected chi connectivity index (χ2v) is 6.00. The summed E-state index contributed by atoms with van der Waals surface area (Å²) in [6.45, 7) is 5.72. The van der Waals surface area contributed by atoms with Crippen molar-refractivity contribution in [2.24, 2.45) is 5.73 Å². The minimum Gasteiger partial charge on any atom is -0.444 e. The van der Waals surface area contributed by atoms with Crippen molar-refractivity contribution in [1.29, 1.82) is 0 Å². The van der Waals surface area contributed by atoms with Gasteiger partial charge in [-0.25, -0.2) is 4.79 Å². The highest BCUT2D eigenvalue weighted by Crippen LogP contribution is 2.36. The van der Waals surface area contributed by atoms with E-state index < -0.39 is 5.60 Å². The largest absolute Gasteiger partial charge is 0.444 e. The van der Waals surface area contributed by atoms with E-state index in [9.17, 15) is 4.79 Å². The van der Waals surface area contributed by atoms with E-state index in [0.717, 1.165) is 25.7 Å². The predicted octanol–water partition coefficient (Wildman–Crippen LogP) is 1.88. The van der Waals surface area contributed by atoms with Gasteiger partial charge in [-0.15, -0.1) is 0 Å². The Morgan fingerprint density at radius 2 is 1.75 bits per heavy atom.